The molecule has 0 bridgehead atoms. The van der Waals surface area contributed by atoms with E-state index in [0.29, 0.717) is 0 Å². The Labute approximate surface area is 431 Å². The number of carbonyl (C=O) groups excluding carboxylic acids is 3. The van der Waals surface area contributed by atoms with Gasteiger partial charge in [-0.1, -0.05) is 13.8 Å². The van der Waals surface area contributed by atoms with Crippen molar-refractivity contribution in [1.29, 1.82) is 0 Å². The average Bonchev–Trinajstić information content (AvgIpc) is 3.29. The second-order valence-corrected chi connectivity index (χ2v) is 19.7. The maximum Gasteiger partial charge on any atom is 0.460 e. The molecule has 0 aliphatic carbocycles. The smallest absolute Gasteiger partial charge is 0.460 e. The molecule has 0 rings (SSSR count). The number of carboxylic acid groups (broad SMARTS) is 1. The van der Waals surface area contributed by atoms with E-state index in [2.05, 4.69) is 0 Å². The molecule has 0 saturated carbocycles. The Kier molecular flexibility index (Phi) is 22.0. The van der Waals surface area contributed by atoms with E-state index in [1.807, 2.05) is 0 Å². The fourth-order valence-corrected chi connectivity index (χ4v) is 8.31. The molecule has 0 radical (unpaired) electrons. The lowest BCUT2D eigenvalue weighted by Gasteiger charge is -2.42. The molecule has 0 fully saturated rings. The van der Waals surface area contributed by atoms with Crippen molar-refractivity contribution in [3.63, 3.8) is 0 Å². The van der Waals surface area contributed by atoms with E-state index in [9.17, 15) is 185 Å². The van der Waals surface area contributed by atoms with Crippen LogP contribution in [0.3, 0.4) is 0 Å². The van der Waals surface area contributed by atoms with Gasteiger partial charge in [0.1, 0.15) is 0 Å². The molecule has 0 unspecified atom stereocenters. The van der Waals surface area contributed by atoms with Crippen LogP contribution in [-0.4, -0.2) is 205 Å². The molecule has 3 N–H and O–H groups in total. The van der Waals surface area contributed by atoms with Crippen LogP contribution in [0.1, 0.15) is 26.7 Å². The zero-order valence-electron chi connectivity index (χ0n) is 38.8. The van der Waals surface area contributed by atoms with Gasteiger partial charge < -0.3 is 20.6 Å². The number of carboxylic acids is 1. The van der Waals surface area contributed by atoms with E-state index in [0.717, 1.165) is 0 Å². The maximum atomic E-state index is 14.8. The monoisotopic (exact) mass is 1340 g/mol. The van der Waals surface area contributed by atoms with Gasteiger partial charge in [-0.2, -0.15) is 158 Å². The standard InChI is InChI=1S/C32H29F34N5O9S2/c1-3-70(81(77,78)31(63,64)27(53,54)23(45,46)19(37,38)17(33,34)21(41,42)25(49,50)29(57,58)59)11-13(72)67-7-9-69(15(74)5-6-16(75)76)10-8-68-14(73)12-71(4-2)82(79,80)32(65,66)28(55,56)24(47,48)20(39,40)18(35,36)22(43,44)26(51,52)30(60,61)62/h3-12H2,1-2H3,(H,67,72)(H,68,73)(H,75,76). The van der Waals surface area contributed by atoms with Gasteiger partial charge in [0.15, 0.2) is 0 Å². The number of aliphatic carboxylic acids is 1. The molecule has 486 valence electrons. The number of sulfonamides is 2. The third-order valence-corrected chi connectivity index (χ3v) is 14.3. The Bertz CT molecular complexity index is 2380. The minimum Gasteiger partial charge on any atom is -0.481 e. The minimum absolute atomic E-state index is 0.147. The van der Waals surface area contributed by atoms with Crippen molar-refractivity contribution in [1.82, 2.24) is 24.1 Å². The van der Waals surface area contributed by atoms with Gasteiger partial charge in [-0.05, 0) is 0 Å². The molecule has 50 heteroatoms. The van der Waals surface area contributed by atoms with Gasteiger partial charge >= 0.3 is 99.9 Å². The molecule has 0 aromatic rings. The van der Waals surface area contributed by atoms with Crippen molar-refractivity contribution in [2.24, 2.45) is 0 Å². The first-order chi connectivity index (χ1) is 35.6. The Morgan fingerprint density at radius 2 is 0.585 bits per heavy atom. The van der Waals surface area contributed by atoms with Gasteiger partial charge in [-0.25, -0.2) is 16.8 Å². The van der Waals surface area contributed by atoms with Crippen LogP contribution >= 0.6 is 0 Å². The summed E-state index contributed by atoms with van der Waals surface area (Å²) in [5.74, 6) is -116. The normalized spacial score (nSPS) is 15.5. The first-order valence-corrected chi connectivity index (χ1v) is 22.9. The zero-order chi connectivity index (χ0) is 66.5. The summed E-state index contributed by atoms with van der Waals surface area (Å²) in [6.45, 7) is -13.9. The molecule has 0 spiro atoms. The second-order valence-electron chi connectivity index (χ2n) is 15.8. The van der Waals surface area contributed by atoms with E-state index in [1.165, 1.54) is 10.6 Å². The van der Waals surface area contributed by atoms with Crippen molar-refractivity contribution in [3.05, 3.63) is 0 Å². The Balaban J connectivity index is 6.66. The summed E-state index contributed by atoms with van der Waals surface area (Å²) < 4.78 is 513. The number of halogens is 34. The number of alkyl halides is 34. The van der Waals surface area contributed by atoms with Crippen LogP contribution in [0.25, 0.3) is 0 Å². The summed E-state index contributed by atoms with van der Waals surface area (Å²) in [6.07, 6.45) is -18.7. The van der Waals surface area contributed by atoms with E-state index >= 15 is 0 Å². The summed E-state index contributed by atoms with van der Waals surface area (Å²) in [5, 5.41) is -4.78. The van der Waals surface area contributed by atoms with Crippen molar-refractivity contribution < 1.29 is 190 Å². The highest BCUT2D eigenvalue weighted by Crippen LogP contribution is 2.66. The number of hydrogen-bond acceptors (Lipinski definition) is 8. The topological polar surface area (TPSA) is 191 Å². The van der Waals surface area contributed by atoms with Gasteiger partial charge in [0.05, 0.1) is 19.5 Å². The van der Waals surface area contributed by atoms with Crippen LogP contribution in [0, 0.1) is 0 Å². The van der Waals surface area contributed by atoms with E-state index in [-0.39, 0.29) is 18.7 Å². The van der Waals surface area contributed by atoms with Crippen molar-refractivity contribution in [3.8, 4) is 0 Å². The number of likely N-dealkylation sites (N-methyl/N-ethyl adjacent to an activating group) is 2. The highest BCUT2D eigenvalue weighted by atomic mass is 32.2. The predicted octanol–water partition coefficient (Wildman–Crippen LogP) is 8.15. The summed E-state index contributed by atoms with van der Waals surface area (Å²) in [6, 6.07) is 0. The molecule has 0 aromatic heterocycles. The summed E-state index contributed by atoms with van der Waals surface area (Å²) >= 11 is 0. The van der Waals surface area contributed by atoms with E-state index in [4.69, 9.17) is 5.11 Å². The number of carbonyl (C=O) groups is 4. The van der Waals surface area contributed by atoms with Crippen molar-refractivity contribution in [2.45, 2.75) is 121 Å². The zero-order valence-corrected chi connectivity index (χ0v) is 40.4. The van der Waals surface area contributed by atoms with E-state index < -0.39 is 211 Å². The Morgan fingerprint density at radius 3 is 0.793 bits per heavy atom. The largest absolute Gasteiger partial charge is 0.481 e. The molecule has 0 heterocycles. The first kappa shape index (κ1) is 77.3. The number of rotatable bonds is 31. The van der Waals surface area contributed by atoms with Gasteiger partial charge in [0.2, 0.25) is 17.7 Å². The highest BCUT2D eigenvalue weighted by Gasteiger charge is 2.98. The lowest BCUT2D eigenvalue weighted by atomic mass is 9.91. The molecule has 0 aliphatic heterocycles. The van der Waals surface area contributed by atoms with Crippen molar-refractivity contribution in [2.75, 3.05) is 52.4 Å². The van der Waals surface area contributed by atoms with Crippen LogP contribution in [0.2, 0.25) is 0 Å². The lowest BCUT2D eigenvalue weighted by Crippen LogP contribution is -2.75. The summed E-state index contributed by atoms with van der Waals surface area (Å²) in [7, 11) is -16.1. The third kappa shape index (κ3) is 12.2. The maximum absolute atomic E-state index is 14.8. The molecule has 0 atom stereocenters. The van der Waals surface area contributed by atoms with Crippen LogP contribution in [0.4, 0.5) is 149 Å². The molecule has 0 saturated heterocycles. The lowest BCUT2D eigenvalue weighted by molar-refractivity contribution is -0.458. The summed E-state index contributed by atoms with van der Waals surface area (Å²) in [4.78, 5) is 48.5. The van der Waals surface area contributed by atoms with E-state index in [1.54, 1.807) is 0 Å². The first-order valence-electron chi connectivity index (χ1n) is 20.1. The van der Waals surface area contributed by atoms with Crippen molar-refractivity contribution >= 4 is 43.7 Å². The van der Waals surface area contributed by atoms with Crippen LogP contribution in [0.15, 0.2) is 0 Å². The van der Waals surface area contributed by atoms with Crippen LogP contribution < -0.4 is 10.6 Å². The van der Waals surface area contributed by atoms with Gasteiger partial charge in [-0.15, -0.1) is 0 Å². The molecule has 0 aromatic carbocycles. The highest BCUT2D eigenvalue weighted by molar-refractivity contribution is 7.90. The number of amides is 3. The fourth-order valence-electron chi connectivity index (χ4n) is 5.51. The second kappa shape index (κ2) is 23.3. The van der Waals surface area contributed by atoms with Crippen LogP contribution in [0.5, 0.6) is 0 Å². The Hall–Kier alpha value is -4.68. The number of nitrogens with one attached hydrogen (secondary N) is 2. The molecule has 0 aliphatic rings. The number of nitrogens with zero attached hydrogens (tertiary/aromatic N) is 3. The molecular formula is C32H29F34N5O9S2. The van der Waals surface area contributed by atoms with Gasteiger partial charge in [-0.3, -0.25) is 19.2 Å². The van der Waals surface area contributed by atoms with Gasteiger partial charge in [0, 0.05) is 45.7 Å². The average molecular weight is 1340 g/mol. The molecule has 3 amide bonds. The molecule has 14 nitrogen and oxygen atoms in total. The molecular weight excluding hydrogens is 1310 g/mol. The quantitative estimate of drug-likeness (QED) is 0.0576. The Morgan fingerprint density at radius 1 is 0.366 bits per heavy atom. The number of hydrogen-bond donors (Lipinski definition) is 3. The van der Waals surface area contributed by atoms with Gasteiger partial charge in [0.25, 0.3) is 20.0 Å². The third-order valence-electron chi connectivity index (χ3n) is 10.4. The SMILES string of the molecule is CCN(CC(=O)NCCN(CCNC(=O)CN(CC)S(=O)(=O)C(F)(F)C(F)(F)C(F)(F)C(F)(F)C(F)(F)C(F)(F)C(F)(F)C(F)(F)F)C(=O)CCC(=O)O)S(=O)(=O)C(F)(F)C(F)(F)C(F)(F)C(F)(F)C(F)(F)C(F)(F)C(F)(F)C(F)(F)F. The fraction of sp³-hybridized carbons (Fsp3) is 0.875. The molecule has 82 heavy (non-hydrogen) atoms. The predicted molar refractivity (Wildman–Crippen MR) is 193 cm³/mol. The van der Waals surface area contributed by atoms with Crippen LogP contribution in [-0.2, 0) is 39.2 Å². The minimum atomic E-state index is -9.24. The summed E-state index contributed by atoms with van der Waals surface area (Å²) in [5.41, 5.74) is 0.